The Morgan fingerprint density at radius 2 is 1.68 bits per heavy atom. The number of hydrogen-bond donors (Lipinski definition) is 2. The molecule has 0 bridgehead atoms. The van der Waals surface area contributed by atoms with Gasteiger partial charge in [0, 0.05) is 19.6 Å². The van der Waals surface area contributed by atoms with Crippen LogP contribution in [0.25, 0.3) is 0 Å². The lowest BCUT2D eigenvalue weighted by Crippen LogP contribution is -2.44. The Kier molecular flexibility index (Phi) is 9.58. The number of hydrogen-bond acceptors (Lipinski definition) is 7. The number of imide groups is 1. The number of nitrogens with one attached hydrogen (secondary N) is 2. The summed E-state index contributed by atoms with van der Waals surface area (Å²) in [7, 11) is -2.60. The number of rotatable bonds is 10. The zero-order valence-corrected chi connectivity index (χ0v) is 20.3. The van der Waals surface area contributed by atoms with E-state index in [0.29, 0.717) is 0 Å². The maximum atomic E-state index is 13.0. The molecule has 10 nitrogen and oxygen atoms in total. The minimum Gasteiger partial charge on any atom is -0.495 e. The molecule has 2 rings (SSSR count). The second kappa shape index (κ2) is 12.1. The normalized spacial score (nSPS) is 12.0. The Hall–Kier alpha value is -3.44. The van der Waals surface area contributed by atoms with Gasteiger partial charge in [-0.3, -0.25) is 10.1 Å². The van der Waals surface area contributed by atoms with E-state index in [9.17, 15) is 22.8 Å². The summed E-state index contributed by atoms with van der Waals surface area (Å²) in [4.78, 5) is 36.6. The molecule has 0 spiro atoms. The number of amides is 3. The van der Waals surface area contributed by atoms with Crippen LogP contribution in [-0.2, 0) is 26.1 Å². The summed E-state index contributed by atoms with van der Waals surface area (Å²) in [6.07, 6.45) is -1.31. The molecule has 2 N–H and O–H groups in total. The molecule has 34 heavy (non-hydrogen) atoms. The summed E-state index contributed by atoms with van der Waals surface area (Å²) in [6, 6.07) is 12.2. The molecule has 0 saturated carbocycles. The van der Waals surface area contributed by atoms with Crippen molar-refractivity contribution < 1.29 is 32.3 Å². The van der Waals surface area contributed by atoms with E-state index < -0.39 is 34.0 Å². The number of carbonyl (C=O) groups excluding carboxylic acids is 3. The van der Waals surface area contributed by atoms with Crippen molar-refractivity contribution in [3.63, 3.8) is 0 Å². The fourth-order valence-electron chi connectivity index (χ4n) is 3.03. The van der Waals surface area contributed by atoms with E-state index in [4.69, 9.17) is 9.47 Å². The highest BCUT2D eigenvalue weighted by Gasteiger charge is 2.28. The SMILES string of the molecule is CCN(CC)S(=O)(=O)c1cc(C(=O)OC(C)C(=O)NC(=O)NCc2ccccc2)ccc1OC. The number of carbonyl (C=O) groups is 3. The minimum absolute atomic E-state index is 0.0735. The summed E-state index contributed by atoms with van der Waals surface area (Å²) in [5.74, 6) is -1.68. The first kappa shape index (κ1) is 26.8. The zero-order chi connectivity index (χ0) is 25.3. The van der Waals surface area contributed by atoms with Gasteiger partial charge in [0.05, 0.1) is 12.7 Å². The maximum absolute atomic E-state index is 13.0. The van der Waals surface area contributed by atoms with Crippen molar-refractivity contribution in [2.75, 3.05) is 20.2 Å². The highest BCUT2D eigenvalue weighted by Crippen LogP contribution is 2.28. The van der Waals surface area contributed by atoms with Gasteiger partial charge in [0.2, 0.25) is 10.0 Å². The Labute approximate surface area is 199 Å². The molecule has 2 aromatic carbocycles. The van der Waals surface area contributed by atoms with E-state index in [1.807, 2.05) is 30.3 Å². The molecule has 0 fully saturated rings. The van der Waals surface area contributed by atoms with Crippen LogP contribution in [0.1, 0.15) is 36.7 Å². The molecule has 1 atom stereocenters. The predicted octanol–water partition coefficient (Wildman–Crippen LogP) is 2.30. The summed E-state index contributed by atoms with van der Waals surface area (Å²) in [6.45, 7) is 5.38. The van der Waals surface area contributed by atoms with Crippen molar-refractivity contribution in [1.82, 2.24) is 14.9 Å². The quantitative estimate of drug-likeness (QED) is 0.488. The maximum Gasteiger partial charge on any atom is 0.338 e. The molecular weight excluding hydrogens is 462 g/mol. The Morgan fingerprint density at radius 1 is 1.03 bits per heavy atom. The van der Waals surface area contributed by atoms with Gasteiger partial charge in [-0.25, -0.2) is 18.0 Å². The van der Waals surface area contributed by atoms with Gasteiger partial charge in [0.25, 0.3) is 5.91 Å². The summed E-state index contributed by atoms with van der Waals surface area (Å²) in [5.41, 5.74) is 0.763. The fourth-order valence-corrected chi connectivity index (χ4v) is 4.67. The first-order chi connectivity index (χ1) is 16.1. The first-order valence-electron chi connectivity index (χ1n) is 10.7. The number of ether oxygens (including phenoxy) is 2. The summed E-state index contributed by atoms with van der Waals surface area (Å²) < 4.78 is 37.4. The Morgan fingerprint density at radius 3 is 2.26 bits per heavy atom. The fraction of sp³-hybridized carbons (Fsp3) is 0.348. The van der Waals surface area contributed by atoms with Crippen molar-refractivity contribution in [3.05, 3.63) is 59.7 Å². The predicted molar refractivity (Wildman–Crippen MR) is 125 cm³/mol. The van der Waals surface area contributed by atoms with Gasteiger partial charge in [-0.15, -0.1) is 0 Å². The molecule has 0 aliphatic rings. The smallest absolute Gasteiger partial charge is 0.338 e. The lowest BCUT2D eigenvalue weighted by Gasteiger charge is -2.20. The highest BCUT2D eigenvalue weighted by molar-refractivity contribution is 7.89. The van der Waals surface area contributed by atoms with Crippen molar-refractivity contribution in [3.8, 4) is 5.75 Å². The average Bonchev–Trinajstić information content (AvgIpc) is 2.83. The van der Waals surface area contributed by atoms with Gasteiger partial charge >= 0.3 is 12.0 Å². The number of sulfonamides is 1. The molecule has 184 valence electrons. The number of methoxy groups -OCH3 is 1. The largest absolute Gasteiger partial charge is 0.495 e. The molecule has 1 unspecified atom stereocenters. The van der Waals surface area contributed by atoms with Crippen LogP contribution in [0.3, 0.4) is 0 Å². The molecule has 0 radical (unpaired) electrons. The van der Waals surface area contributed by atoms with Crippen LogP contribution in [0.5, 0.6) is 5.75 Å². The molecule has 11 heteroatoms. The standard InChI is InChI=1S/C23H29N3O7S/c1-5-26(6-2)34(30,31)20-14-18(12-13-19(20)32-4)22(28)33-16(3)21(27)25-23(29)24-15-17-10-8-7-9-11-17/h7-14,16H,5-6,15H2,1-4H3,(H2,24,25,27,29). The molecule has 2 aromatic rings. The summed E-state index contributed by atoms with van der Waals surface area (Å²) in [5, 5.41) is 4.63. The van der Waals surface area contributed by atoms with Crippen LogP contribution >= 0.6 is 0 Å². The molecule has 0 aliphatic heterocycles. The van der Waals surface area contributed by atoms with Crippen LogP contribution in [-0.4, -0.2) is 56.9 Å². The Bertz CT molecular complexity index is 1120. The summed E-state index contributed by atoms with van der Waals surface area (Å²) >= 11 is 0. The molecule has 0 aliphatic carbocycles. The lowest BCUT2D eigenvalue weighted by molar-refractivity contribution is -0.127. The number of nitrogens with zero attached hydrogens (tertiary/aromatic N) is 1. The van der Waals surface area contributed by atoms with Crippen molar-refractivity contribution >= 4 is 27.9 Å². The lowest BCUT2D eigenvalue weighted by atomic mass is 10.2. The zero-order valence-electron chi connectivity index (χ0n) is 19.5. The highest BCUT2D eigenvalue weighted by atomic mass is 32.2. The van der Waals surface area contributed by atoms with Crippen LogP contribution < -0.4 is 15.4 Å². The number of esters is 1. The van der Waals surface area contributed by atoms with Gasteiger partial charge in [-0.2, -0.15) is 4.31 Å². The van der Waals surface area contributed by atoms with Crippen molar-refractivity contribution in [1.29, 1.82) is 0 Å². The third kappa shape index (κ3) is 6.78. The van der Waals surface area contributed by atoms with Gasteiger partial charge < -0.3 is 14.8 Å². The van der Waals surface area contributed by atoms with Gasteiger partial charge in [0.15, 0.2) is 6.10 Å². The minimum atomic E-state index is -3.92. The molecular formula is C23H29N3O7S. The van der Waals surface area contributed by atoms with Gasteiger partial charge in [-0.05, 0) is 30.7 Å². The van der Waals surface area contributed by atoms with E-state index in [1.165, 1.54) is 30.5 Å². The van der Waals surface area contributed by atoms with Crippen LogP contribution in [0.15, 0.2) is 53.4 Å². The average molecular weight is 492 g/mol. The topological polar surface area (TPSA) is 131 Å². The molecule has 0 saturated heterocycles. The van der Waals surface area contributed by atoms with Crippen LogP contribution in [0, 0.1) is 0 Å². The van der Waals surface area contributed by atoms with E-state index in [2.05, 4.69) is 10.6 Å². The second-order valence-corrected chi connectivity index (χ2v) is 9.07. The second-order valence-electron chi connectivity index (χ2n) is 7.16. The van der Waals surface area contributed by atoms with E-state index >= 15 is 0 Å². The third-order valence-electron chi connectivity index (χ3n) is 4.91. The first-order valence-corrected chi connectivity index (χ1v) is 12.1. The van der Waals surface area contributed by atoms with Crippen molar-refractivity contribution in [2.24, 2.45) is 0 Å². The van der Waals surface area contributed by atoms with E-state index in [1.54, 1.807) is 13.8 Å². The van der Waals surface area contributed by atoms with E-state index in [-0.39, 0.29) is 35.8 Å². The number of urea groups is 1. The van der Waals surface area contributed by atoms with Crippen LogP contribution in [0.4, 0.5) is 4.79 Å². The van der Waals surface area contributed by atoms with Gasteiger partial charge in [-0.1, -0.05) is 44.2 Å². The molecule has 0 heterocycles. The van der Waals surface area contributed by atoms with Gasteiger partial charge in [0.1, 0.15) is 10.6 Å². The van der Waals surface area contributed by atoms with Crippen molar-refractivity contribution in [2.45, 2.75) is 38.3 Å². The number of benzene rings is 2. The monoisotopic (exact) mass is 491 g/mol. The third-order valence-corrected chi connectivity index (χ3v) is 6.98. The molecule has 3 amide bonds. The van der Waals surface area contributed by atoms with Crippen LogP contribution in [0.2, 0.25) is 0 Å². The molecule has 0 aromatic heterocycles. The Balaban J connectivity index is 2.06. The van der Waals surface area contributed by atoms with E-state index in [0.717, 1.165) is 11.6 Å².